The van der Waals surface area contributed by atoms with Gasteiger partial charge in [0.05, 0.1) is 7.05 Å². The van der Waals surface area contributed by atoms with Gasteiger partial charge >= 0.3 is 0 Å². The maximum atomic E-state index is 2.17. The van der Waals surface area contributed by atoms with E-state index in [-0.39, 0.29) is 0 Å². The molecular weight excluding hydrogens is 300 g/mol. The largest absolute Gasteiger partial charge is 0.252 e. The van der Waals surface area contributed by atoms with Crippen LogP contribution in [0.2, 0.25) is 0 Å². The van der Waals surface area contributed by atoms with Gasteiger partial charge in [0.1, 0.15) is 42.9 Å². The van der Waals surface area contributed by atoms with Gasteiger partial charge in [0.25, 0.3) is 6.33 Å². The number of benzene rings is 1. The highest BCUT2D eigenvalue weighted by atomic mass is 15.3. The first-order chi connectivity index (χ1) is 11.8. The predicted molar refractivity (Wildman–Crippen MR) is 87.0 cm³/mol. The van der Waals surface area contributed by atoms with Crippen LogP contribution in [0.25, 0.3) is 5.69 Å². The van der Waals surface area contributed by atoms with Crippen molar-refractivity contribution in [3.8, 4) is 5.69 Å². The molecule has 4 aromatic rings. The molecule has 0 amide bonds. The Kier molecular flexibility index (Phi) is 3.70. The molecule has 4 rings (SSSR count). The summed E-state index contributed by atoms with van der Waals surface area (Å²) in [7, 11) is 2.03. The lowest BCUT2D eigenvalue weighted by molar-refractivity contribution is -0.717. The van der Waals surface area contributed by atoms with Gasteiger partial charge in [-0.1, -0.05) is 18.2 Å². The summed E-state index contributed by atoms with van der Waals surface area (Å²) in [6.45, 7) is 1.59. The van der Waals surface area contributed by atoms with E-state index in [1.807, 2.05) is 23.9 Å². The minimum atomic E-state index is 0.784. The average Bonchev–Trinajstić information content (AvgIpc) is 3.32. The molecular formula is C18H21N6+3. The molecule has 24 heavy (non-hydrogen) atoms. The van der Waals surface area contributed by atoms with Gasteiger partial charge in [-0.15, -0.1) is 0 Å². The second-order valence-corrected chi connectivity index (χ2v) is 5.99. The lowest BCUT2D eigenvalue weighted by Gasteiger charge is -1.94. The fourth-order valence-corrected chi connectivity index (χ4v) is 2.80. The van der Waals surface area contributed by atoms with Crippen molar-refractivity contribution in [2.45, 2.75) is 13.3 Å². The van der Waals surface area contributed by atoms with Crippen LogP contribution in [0.15, 0.2) is 86.5 Å². The molecule has 0 saturated carbocycles. The van der Waals surface area contributed by atoms with E-state index >= 15 is 0 Å². The number of para-hydroxylation sites is 1. The molecule has 3 heterocycles. The zero-order chi connectivity index (χ0) is 16.4. The van der Waals surface area contributed by atoms with E-state index in [0.717, 1.165) is 13.3 Å². The van der Waals surface area contributed by atoms with Crippen LogP contribution in [0, 0.1) is 0 Å². The highest BCUT2D eigenvalue weighted by molar-refractivity contribution is 5.30. The van der Waals surface area contributed by atoms with E-state index in [4.69, 9.17) is 0 Å². The summed E-state index contributed by atoms with van der Waals surface area (Å²) in [4.78, 5) is 0. The van der Waals surface area contributed by atoms with E-state index in [2.05, 4.69) is 97.1 Å². The Labute approximate surface area is 140 Å². The summed E-state index contributed by atoms with van der Waals surface area (Å²) in [6, 6.07) is 10.3. The third-order valence-corrected chi connectivity index (χ3v) is 3.97. The van der Waals surface area contributed by atoms with Crippen LogP contribution >= 0.6 is 0 Å². The van der Waals surface area contributed by atoms with Crippen LogP contribution in [0.4, 0.5) is 0 Å². The zero-order valence-corrected chi connectivity index (χ0v) is 13.7. The summed E-state index contributed by atoms with van der Waals surface area (Å²) in [5.41, 5.74) is 1.17. The summed E-state index contributed by atoms with van der Waals surface area (Å²) in [6.07, 6.45) is 18.7. The standard InChI is InChI=1S/C18H21N6/c1-19-7-8-20(13-19)14-21-9-10-22(15-21)16-23-11-12-24(17-23)18-5-3-2-4-6-18/h2-13,15,17H,14,16H2,1H3/q+3. The van der Waals surface area contributed by atoms with E-state index in [9.17, 15) is 0 Å². The van der Waals surface area contributed by atoms with E-state index in [1.54, 1.807) is 0 Å². The van der Waals surface area contributed by atoms with Gasteiger partial charge in [-0.3, -0.25) is 0 Å². The number of nitrogens with zero attached hydrogens (tertiary/aromatic N) is 6. The molecule has 3 aromatic heterocycles. The van der Waals surface area contributed by atoms with Gasteiger partial charge in [0.15, 0.2) is 0 Å². The van der Waals surface area contributed by atoms with E-state index < -0.39 is 0 Å². The van der Waals surface area contributed by atoms with Crippen LogP contribution < -0.4 is 13.7 Å². The molecule has 0 aliphatic carbocycles. The van der Waals surface area contributed by atoms with Crippen molar-refractivity contribution in [2.24, 2.45) is 7.05 Å². The summed E-state index contributed by atoms with van der Waals surface area (Å²) < 4.78 is 12.8. The molecule has 6 nitrogen and oxygen atoms in total. The molecule has 0 bridgehead atoms. The molecule has 6 heteroatoms. The van der Waals surface area contributed by atoms with Crippen molar-refractivity contribution in [1.82, 2.24) is 13.7 Å². The molecule has 0 unspecified atom stereocenters. The number of hydrogen-bond donors (Lipinski definition) is 0. The number of rotatable bonds is 5. The highest BCUT2D eigenvalue weighted by Gasteiger charge is 2.11. The Balaban J connectivity index is 1.45. The SMILES string of the molecule is C[n+]1ccn(C[n+]2ccn(C[n+]3ccn(-c4ccccc4)c3)c2)c1. The first kappa shape index (κ1) is 14.4. The van der Waals surface area contributed by atoms with Crippen LogP contribution in [0.3, 0.4) is 0 Å². The Bertz CT molecular complexity index is 931. The van der Waals surface area contributed by atoms with Crippen molar-refractivity contribution >= 4 is 0 Å². The smallest absolute Gasteiger partial charge is 0.239 e. The fraction of sp³-hybridized carbons (Fsp3) is 0.167. The fourth-order valence-electron chi connectivity index (χ4n) is 2.80. The van der Waals surface area contributed by atoms with Crippen LogP contribution in [-0.4, -0.2) is 13.7 Å². The Morgan fingerprint density at radius 3 is 2.17 bits per heavy atom. The van der Waals surface area contributed by atoms with Gasteiger partial charge in [0.2, 0.25) is 26.0 Å². The Morgan fingerprint density at radius 2 is 1.42 bits per heavy atom. The number of imidazole rings is 3. The first-order valence-electron chi connectivity index (χ1n) is 7.94. The van der Waals surface area contributed by atoms with Crippen molar-refractivity contribution in [1.29, 1.82) is 0 Å². The van der Waals surface area contributed by atoms with Crippen molar-refractivity contribution < 1.29 is 13.7 Å². The van der Waals surface area contributed by atoms with E-state index in [0.29, 0.717) is 0 Å². The zero-order valence-electron chi connectivity index (χ0n) is 13.7. The average molecular weight is 321 g/mol. The maximum Gasteiger partial charge on any atom is 0.252 e. The van der Waals surface area contributed by atoms with Gasteiger partial charge in [0, 0.05) is 0 Å². The summed E-state index contributed by atoms with van der Waals surface area (Å²) in [5, 5.41) is 0. The van der Waals surface area contributed by atoms with Crippen molar-refractivity contribution in [3.63, 3.8) is 0 Å². The molecule has 0 N–H and O–H groups in total. The maximum absolute atomic E-state index is 2.17. The summed E-state index contributed by atoms with van der Waals surface area (Å²) in [5.74, 6) is 0. The Morgan fingerprint density at radius 1 is 0.750 bits per heavy atom. The number of aryl methyl sites for hydroxylation is 1. The quantitative estimate of drug-likeness (QED) is 0.479. The first-order valence-corrected chi connectivity index (χ1v) is 7.94. The third kappa shape index (κ3) is 3.12. The molecule has 1 aromatic carbocycles. The molecule has 0 aliphatic rings. The monoisotopic (exact) mass is 321 g/mol. The third-order valence-electron chi connectivity index (χ3n) is 3.97. The normalized spacial score (nSPS) is 11.0. The minimum Gasteiger partial charge on any atom is -0.239 e. The van der Waals surface area contributed by atoms with Gasteiger partial charge in [-0.25, -0.2) is 9.13 Å². The molecule has 0 fully saturated rings. The summed E-state index contributed by atoms with van der Waals surface area (Å²) >= 11 is 0. The molecule has 0 atom stereocenters. The molecule has 0 radical (unpaired) electrons. The van der Waals surface area contributed by atoms with Crippen molar-refractivity contribution in [3.05, 3.63) is 86.5 Å². The molecule has 120 valence electrons. The second-order valence-electron chi connectivity index (χ2n) is 5.99. The molecule has 0 saturated heterocycles. The highest BCUT2D eigenvalue weighted by Crippen LogP contribution is 2.04. The lowest BCUT2D eigenvalue weighted by Crippen LogP contribution is -2.38. The van der Waals surface area contributed by atoms with Gasteiger partial charge < -0.3 is 0 Å². The van der Waals surface area contributed by atoms with Crippen LogP contribution in [0.1, 0.15) is 0 Å². The van der Waals surface area contributed by atoms with Gasteiger partial charge in [-0.2, -0.15) is 18.3 Å². The Hall–Kier alpha value is -3.15. The predicted octanol–water partition coefficient (Wildman–Crippen LogP) is 0.491. The van der Waals surface area contributed by atoms with Gasteiger partial charge in [-0.05, 0) is 12.1 Å². The molecule has 0 aliphatic heterocycles. The topological polar surface area (TPSA) is 26.4 Å². The van der Waals surface area contributed by atoms with Crippen LogP contribution in [-0.2, 0) is 20.4 Å². The molecule has 0 spiro atoms. The van der Waals surface area contributed by atoms with Crippen molar-refractivity contribution in [2.75, 3.05) is 0 Å². The second kappa shape index (κ2) is 6.16. The van der Waals surface area contributed by atoms with E-state index in [1.165, 1.54) is 5.69 Å². The number of hydrogen-bond acceptors (Lipinski definition) is 0. The van der Waals surface area contributed by atoms with Crippen LogP contribution in [0.5, 0.6) is 0 Å². The minimum absolute atomic E-state index is 0.784. The number of aromatic nitrogens is 6. The lowest BCUT2D eigenvalue weighted by atomic mass is 10.3.